The van der Waals surface area contributed by atoms with Gasteiger partial charge in [0.15, 0.2) is 5.65 Å². The van der Waals surface area contributed by atoms with Crippen LogP contribution >= 0.6 is 0 Å². The number of fused-ring (bicyclic) bond motifs is 2. The van der Waals surface area contributed by atoms with Crippen molar-refractivity contribution in [3.63, 3.8) is 0 Å². The highest BCUT2D eigenvalue weighted by molar-refractivity contribution is 5.74. The Balaban J connectivity index is 1.37. The molecule has 0 unspecified atom stereocenters. The molecule has 0 saturated heterocycles. The number of hydrogen-bond donors (Lipinski definition) is 2. The van der Waals surface area contributed by atoms with Crippen LogP contribution in [0.25, 0.3) is 16.9 Å². The lowest BCUT2D eigenvalue weighted by molar-refractivity contribution is 0.191. The Morgan fingerprint density at radius 2 is 1.97 bits per heavy atom. The summed E-state index contributed by atoms with van der Waals surface area (Å²) in [5.74, 6) is -0.345. The van der Waals surface area contributed by atoms with E-state index in [0.717, 1.165) is 17.0 Å². The molecule has 8 heteroatoms. The van der Waals surface area contributed by atoms with Crippen molar-refractivity contribution in [3.8, 4) is 11.3 Å². The zero-order valence-corrected chi connectivity index (χ0v) is 16.6. The second-order valence-electron chi connectivity index (χ2n) is 7.53. The fraction of sp³-hybridized carbons (Fsp3) is 0.174. The molecule has 5 rings (SSSR count). The molecule has 0 bridgehead atoms. The summed E-state index contributed by atoms with van der Waals surface area (Å²) in [5.41, 5.74) is 4.02. The van der Waals surface area contributed by atoms with Gasteiger partial charge in [0, 0.05) is 25.6 Å². The van der Waals surface area contributed by atoms with E-state index in [1.165, 1.54) is 16.6 Å². The topological polar surface area (TPSA) is 82.5 Å². The molecule has 1 aliphatic heterocycles. The molecule has 2 amide bonds. The van der Waals surface area contributed by atoms with Crippen molar-refractivity contribution >= 4 is 11.7 Å². The number of hydrogen-bond acceptors (Lipinski definition) is 3. The minimum atomic E-state index is -0.345. The molecule has 0 spiro atoms. The number of H-pyrrole nitrogens is 1. The van der Waals surface area contributed by atoms with Gasteiger partial charge in [-0.05, 0) is 23.3 Å². The molecule has 0 aliphatic carbocycles. The third-order valence-corrected chi connectivity index (χ3v) is 5.47. The van der Waals surface area contributed by atoms with Gasteiger partial charge in [-0.25, -0.2) is 18.7 Å². The van der Waals surface area contributed by atoms with E-state index in [0.29, 0.717) is 29.7 Å². The zero-order valence-electron chi connectivity index (χ0n) is 16.6. The van der Waals surface area contributed by atoms with Gasteiger partial charge in [-0.3, -0.25) is 9.89 Å². The summed E-state index contributed by atoms with van der Waals surface area (Å²) in [7, 11) is 0. The molecule has 0 saturated carbocycles. The average molecular weight is 417 g/mol. The van der Waals surface area contributed by atoms with Crippen LogP contribution in [0, 0.1) is 5.82 Å². The van der Waals surface area contributed by atoms with Gasteiger partial charge >= 0.3 is 6.03 Å². The second kappa shape index (κ2) is 7.71. The van der Waals surface area contributed by atoms with Gasteiger partial charge in [0.2, 0.25) is 0 Å². The first-order chi connectivity index (χ1) is 15.1. The van der Waals surface area contributed by atoms with Crippen LogP contribution in [0.3, 0.4) is 0 Å². The van der Waals surface area contributed by atoms with Crippen molar-refractivity contribution in [1.82, 2.24) is 24.8 Å². The number of halogens is 1. The fourth-order valence-corrected chi connectivity index (χ4v) is 3.86. The highest BCUT2D eigenvalue weighted by Crippen LogP contribution is 2.20. The van der Waals surface area contributed by atoms with Crippen LogP contribution in [0.1, 0.15) is 16.8 Å². The number of carbonyl (C=O) groups is 1. The number of benzene rings is 2. The van der Waals surface area contributed by atoms with Crippen LogP contribution < -0.4 is 10.9 Å². The first-order valence-corrected chi connectivity index (χ1v) is 10.0. The summed E-state index contributed by atoms with van der Waals surface area (Å²) in [6.07, 6.45) is 0.500. The normalized spacial score (nSPS) is 13.3. The van der Waals surface area contributed by atoms with Gasteiger partial charge in [-0.1, -0.05) is 42.5 Å². The van der Waals surface area contributed by atoms with Gasteiger partial charge in [0.05, 0.1) is 23.5 Å². The fourth-order valence-electron chi connectivity index (χ4n) is 3.86. The van der Waals surface area contributed by atoms with E-state index in [1.54, 1.807) is 17.0 Å². The first-order valence-electron chi connectivity index (χ1n) is 10.0. The van der Waals surface area contributed by atoms with Crippen LogP contribution in [0.15, 0.2) is 65.5 Å². The van der Waals surface area contributed by atoms with Crippen molar-refractivity contribution in [2.45, 2.75) is 19.5 Å². The van der Waals surface area contributed by atoms with Gasteiger partial charge in [-0.15, -0.1) is 0 Å². The maximum absolute atomic E-state index is 13.3. The molecular weight excluding hydrogens is 397 g/mol. The van der Waals surface area contributed by atoms with Crippen molar-refractivity contribution in [2.75, 3.05) is 6.54 Å². The lowest BCUT2D eigenvalue weighted by atomic mass is 10.1. The van der Waals surface area contributed by atoms with Crippen LogP contribution in [0.2, 0.25) is 0 Å². The summed E-state index contributed by atoms with van der Waals surface area (Å²) in [6, 6.07) is 17.4. The van der Waals surface area contributed by atoms with E-state index in [2.05, 4.69) is 15.4 Å². The highest BCUT2D eigenvalue weighted by Gasteiger charge is 2.25. The standard InChI is InChI=1S/C23H20FN5O2/c24-17-8-4-5-15(11-17)13-25-23(31)28-10-9-19-18(14-28)22(30)29-21(26-19)12-20(27-29)16-6-2-1-3-7-16/h1-8,11-12,27H,9-10,13-14H2,(H,25,31). The SMILES string of the molecule is O=C(NCc1cccc(F)c1)N1CCc2nc3cc(-c4ccccc4)[nH]n3c(=O)c2C1. The summed E-state index contributed by atoms with van der Waals surface area (Å²) >= 11 is 0. The number of aromatic nitrogens is 3. The number of nitrogens with one attached hydrogen (secondary N) is 2. The molecule has 31 heavy (non-hydrogen) atoms. The minimum absolute atomic E-state index is 0.179. The van der Waals surface area contributed by atoms with Crippen molar-refractivity contribution in [1.29, 1.82) is 0 Å². The van der Waals surface area contributed by atoms with Crippen LogP contribution in [-0.2, 0) is 19.5 Å². The molecule has 4 aromatic rings. The van der Waals surface area contributed by atoms with Gasteiger partial charge in [0.1, 0.15) is 5.82 Å². The third kappa shape index (κ3) is 3.68. The maximum Gasteiger partial charge on any atom is 0.317 e. The molecular formula is C23H20FN5O2. The predicted octanol–water partition coefficient (Wildman–Crippen LogP) is 3.10. The smallest absolute Gasteiger partial charge is 0.317 e. The predicted molar refractivity (Wildman–Crippen MR) is 114 cm³/mol. The molecule has 1 aliphatic rings. The molecule has 0 fully saturated rings. The largest absolute Gasteiger partial charge is 0.334 e. The van der Waals surface area contributed by atoms with E-state index in [4.69, 9.17) is 0 Å². The van der Waals surface area contributed by atoms with Crippen LogP contribution in [0.4, 0.5) is 9.18 Å². The van der Waals surface area contributed by atoms with Gasteiger partial charge < -0.3 is 10.2 Å². The van der Waals surface area contributed by atoms with E-state index < -0.39 is 0 Å². The van der Waals surface area contributed by atoms with E-state index in [9.17, 15) is 14.0 Å². The summed E-state index contributed by atoms with van der Waals surface area (Å²) in [6.45, 7) is 0.854. The van der Waals surface area contributed by atoms with E-state index in [1.807, 2.05) is 36.4 Å². The van der Waals surface area contributed by atoms with Gasteiger partial charge in [0.25, 0.3) is 5.56 Å². The number of rotatable bonds is 3. The summed E-state index contributed by atoms with van der Waals surface area (Å²) in [4.78, 5) is 31.9. The minimum Gasteiger partial charge on any atom is -0.334 e. The van der Waals surface area contributed by atoms with Crippen LogP contribution in [0.5, 0.6) is 0 Å². The monoisotopic (exact) mass is 417 g/mol. The molecule has 2 N–H and O–H groups in total. The lowest BCUT2D eigenvalue weighted by Crippen LogP contribution is -2.44. The van der Waals surface area contributed by atoms with Crippen LogP contribution in [-0.4, -0.2) is 32.1 Å². The maximum atomic E-state index is 13.3. The molecule has 2 aromatic carbocycles. The first kappa shape index (κ1) is 19.0. The Labute approximate surface area is 177 Å². The van der Waals surface area contributed by atoms with Gasteiger partial charge in [-0.2, -0.15) is 0 Å². The summed E-state index contributed by atoms with van der Waals surface area (Å²) < 4.78 is 14.7. The number of urea groups is 1. The van der Waals surface area contributed by atoms with Crippen molar-refractivity contribution in [3.05, 3.63) is 93.7 Å². The Morgan fingerprint density at radius 1 is 1.13 bits per heavy atom. The van der Waals surface area contributed by atoms with Crippen molar-refractivity contribution < 1.29 is 9.18 Å². The number of amides is 2. The quantitative estimate of drug-likeness (QED) is 0.537. The molecule has 7 nitrogen and oxygen atoms in total. The number of aromatic amines is 1. The van der Waals surface area contributed by atoms with E-state index in [-0.39, 0.29) is 30.5 Å². The molecule has 156 valence electrons. The molecule has 0 radical (unpaired) electrons. The Morgan fingerprint density at radius 3 is 2.77 bits per heavy atom. The Bertz CT molecular complexity index is 1330. The van der Waals surface area contributed by atoms with Crippen molar-refractivity contribution in [2.24, 2.45) is 0 Å². The average Bonchev–Trinajstić information content (AvgIpc) is 3.23. The highest BCUT2D eigenvalue weighted by atomic mass is 19.1. The number of carbonyl (C=O) groups excluding carboxylic acids is 1. The molecule has 3 heterocycles. The third-order valence-electron chi connectivity index (χ3n) is 5.47. The molecule has 0 atom stereocenters. The second-order valence-corrected chi connectivity index (χ2v) is 7.53. The Kier molecular flexibility index (Phi) is 4.74. The number of nitrogens with zero attached hydrogens (tertiary/aromatic N) is 3. The van der Waals surface area contributed by atoms with E-state index >= 15 is 0 Å². The zero-order chi connectivity index (χ0) is 21.4. The summed E-state index contributed by atoms with van der Waals surface area (Å²) in [5, 5.41) is 5.91. The Hall–Kier alpha value is -3.94. The lowest BCUT2D eigenvalue weighted by Gasteiger charge is -2.27. The molecule has 2 aromatic heterocycles.